The number of thiazole rings is 1. The highest BCUT2D eigenvalue weighted by atomic mass is 32.1. The van der Waals surface area contributed by atoms with Gasteiger partial charge >= 0.3 is 0 Å². The van der Waals surface area contributed by atoms with Crippen LogP contribution in [0.1, 0.15) is 16.6 Å². The van der Waals surface area contributed by atoms with E-state index in [1.165, 1.54) is 0 Å². The summed E-state index contributed by atoms with van der Waals surface area (Å²) in [6.45, 7) is 0. The van der Waals surface area contributed by atoms with E-state index in [1.807, 2.05) is 36.8 Å². The molecular formula is C14H18N2O2S. The highest BCUT2D eigenvalue weighted by Gasteiger charge is 2.20. The van der Waals surface area contributed by atoms with Gasteiger partial charge in [-0.15, -0.1) is 11.3 Å². The van der Waals surface area contributed by atoms with Crippen molar-refractivity contribution in [3.63, 3.8) is 0 Å². The molecule has 1 aromatic heterocycles. The Morgan fingerprint density at radius 2 is 1.95 bits per heavy atom. The van der Waals surface area contributed by atoms with E-state index in [-0.39, 0.29) is 6.04 Å². The van der Waals surface area contributed by atoms with Gasteiger partial charge in [-0.25, -0.2) is 4.98 Å². The topological polar surface area (TPSA) is 43.4 Å². The van der Waals surface area contributed by atoms with Crippen molar-refractivity contribution < 1.29 is 9.47 Å². The van der Waals surface area contributed by atoms with Crippen LogP contribution in [0.3, 0.4) is 0 Å². The Kier molecular flexibility index (Phi) is 4.76. The lowest BCUT2D eigenvalue weighted by Gasteiger charge is -2.21. The summed E-state index contributed by atoms with van der Waals surface area (Å²) in [6.07, 6.45) is 2.64. The largest absolute Gasteiger partial charge is 0.496 e. The molecule has 0 aliphatic rings. The van der Waals surface area contributed by atoms with Crippen molar-refractivity contribution in [1.82, 2.24) is 10.3 Å². The third-order valence-electron chi connectivity index (χ3n) is 3.03. The minimum atomic E-state index is 0.109. The summed E-state index contributed by atoms with van der Waals surface area (Å²) in [7, 11) is 5.28. The Morgan fingerprint density at radius 1 is 1.26 bits per heavy atom. The molecule has 19 heavy (non-hydrogen) atoms. The summed E-state index contributed by atoms with van der Waals surface area (Å²) in [4.78, 5) is 4.34. The molecule has 0 fully saturated rings. The second kappa shape index (κ2) is 6.54. The number of nitrogens with zero attached hydrogens (tertiary/aromatic N) is 1. The third kappa shape index (κ3) is 3.05. The number of ether oxygens (including phenoxy) is 2. The second-order valence-electron chi connectivity index (χ2n) is 4.05. The molecule has 0 aliphatic heterocycles. The highest BCUT2D eigenvalue weighted by Crippen LogP contribution is 2.35. The van der Waals surface area contributed by atoms with Crippen LogP contribution < -0.4 is 14.8 Å². The molecule has 0 radical (unpaired) electrons. The molecule has 0 amide bonds. The average Bonchev–Trinajstić information content (AvgIpc) is 2.97. The van der Waals surface area contributed by atoms with Gasteiger partial charge in [0.15, 0.2) is 0 Å². The molecule has 0 saturated carbocycles. The number of likely N-dealkylation sites (N-methyl/N-ethyl adjacent to an activating group) is 1. The zero-order valence-corrected chi connectivity index (χ0v) is 12.2. The van der Waals surface area contributed by atoms with Crippen LogP contribution in [0.4, 0.5) is 0 Å². The van der Waals surface area contributed by atoms with Gasteiger partial charge in [0.25, 0.3) is 0 Å². The molecule has 1 atom stereocenters. The first-order valence-electron chi connectivity index (χ1n) is 6.06. The van der Waals surface area contributed by atoms with E-state index >= 15 is 0 Å². The van der Waals surface area contributed by atoms with Crippen molar-refractivity contribution >= 4 is 11.3 Å². The van der Waals surface area contributed by atoms with Crippen LogP contribution in [0.5, 0.6) is 11.5 Å². The summed E-state index contributed by atoms with van der Waals surface area (Å²) in [6, 6.07) is 5.93. The van der Waals surface area contributed by atoms with Crippen molar-refractivity contribution in [2.24, 2.45) is 0 Å². The predicted molar refractivity (Wildman–Crippen MR) is 77.2 cm³/mol. The molecule has 0 aliphatic carbocycles. The van der Waals surface area contributed by atoms with Crippen LogP contribution in [-0.2, 0) is 6.42 Å². The maximum absolute atomic E-state index is 5.45. The summed E-state index contributed by atoms with van der Waals surface area (Å²) in [5, 5.41) is 6.39. The Balaban J connectivity index is 2.36. The average molecular weight is 278 g/mol. The molecule has 2 rings (SSSR count). The van der Waals surface area contributed by atoms with Gasteiger partial charge in [0, 0.05) is 24.0 Å². The van der Waals surface area contributed by atoms with Crippen LogP contribution in [0.15, 0.2) is 29.8 Å². The van der Waals surface area contributed by atoms with Crippen LogP contribution >= 0.6 is 11.3 Å². The quantitative estimate of drug-likeness (QED) is 0.882. The fourth-order valence-electron chi connectivity index (χ4n) is 2.10. The summed E-state index contributed by atoms with van der Waals surface area (Å²) >= 11 is 1.66. The first-order valence-corrected chi connectivity index (χ1v) is 6.94. The van der Waals surface area contributed by atoms with Gasteiger partial charge in [0.2, 0.25) is 0 Å². The van der Waals surface area contributed by atoms with Gasteiger partial charge in [-0.2, -0.15) is 0 Å². The third-order valence-corrected chi connectivity index (χ3v) is 3.83. The van der Waals surface area contributed by atoms with Crippen molar-refractivity contribution in [1.29, 1.82) is 0 Å². The minimum absolute atomic E-state index is 0.109. The summed E-state index contributed by atoms with van der Waals surface area (Å²) in [5.41, 5.74) is 1.03. The van der Waals surface area contributed by atoms with Crippen molar-refractivity contribution in [3.05, 3.63) is 40.3 Å². The second-order valence-corrected chi connectivity index (χ2v) is 5.03. The maximum atomic E-state index is 5.45. The molecule has 1 unspecified atom stereocenters. The van der Waals surface area contributed by atoms with Gasteiger partial charge in [-0.3, -0.25) is 0 Å². The number of methoxy groups -OCH3 is 2. The van der Waals surface area contributed by atoms with E-state index < -0.39 is 0 Å². The highest BCUT2D eigenvalue weighted by molar-refractivity contribution is 7.09. The Morgan fingerprint density at radius 3 is 2.42 bits per heavy atom. The summed E-state index contributed by atoms with van der Waals surface area (Å²) in [5.74, 6) is 1.66. The van der Waals surface area contributed by atoms with Crippen LogP contribution in [-0.4, -0.2) is 26.3 Å². The van der Waals surface area contributed by atoms with Gasteiger partial charge in [-0.1, -0.05) is 6.07 Å². The zero-order valence-electron chi connectivity index (χ0n) is 11.3. The van der Waals surface area contributed by atoms with Crippen LogP contribution in [0, 0.1) is 0 Å². The lowest BCUT2D eigenvalue weighted by atomic mass is 10.0. The first kappa shape index (κ1) is 13.8. The van der Waals surface area contributed by atoms with E-state index in [4.69, 9.17) is 9.47 Å². The van der Waals surface area contributed by atoms with Crippen molar-refractivity contribution in [2.45, 2.75) is 12.5 Å². The normalized spacial score (nSPS) is 12.2. The Hall–Kier alpha value is -1.59. The van der Waals surface area contributed by atoms with Gasteiger partial charge in [0.05, 0.1) is 24.8 Å². The number of benzene rings is 1. The molecule has 0 saturated heterocycles. The Labute approximate surface area is 117 Å². The van der Waals surface area contributed by atoms with E-state index in [9.17, 15) is 0 Å². The van der Waals surface area contributed by atoms with Crippen LogP contribution in [0.25, 0.3) is 0 Å². The van der Waals surface area contributed by atoms with Gasteiger partial charge in [0.1, 0.15) is 11.5 Å². The molecule has 2 aromatic rings. The molecule has 102 valence electrons. The fraction of sp³-hybridized carbons (Fsp3) is 0.357. The molecule has 1 N–H and O–H groups in total. The fourth-order valence-corrected chi connectivity index (χ4v) is 2.76. The van der Waals surface area contributed by atoms with E-state index in [0.717, 1.165) is 28.5 Å². The van der Waals surface area contributed by atoms with Crippen molar-refractivity contribution in [3.8, 4) is 11.5 Å². The van der Waals surface area contributed by atoms with Crippen LogP contribution in [0.2, 0.25) is 0 Å². The molecule has 1 aromatic carbocycles. The Bertz CT molecular complexity index is 492. The van der Waals surface area contributed by atoms with E-state index in [1.54, 1.807) is 25.6 Å². The number of hydrogen-bond acceptors (Lipinski definition) is 5. The molecule has 1 heterocycles. The van der Waals surface area contributed by atoms with E-state index in [0.29, 0.717) is 0 Å². The number of hydrogen-bond donors (Lipinski definition) is 1. The minimum Gasteiger partial charge on any atom is -0.496 e. The zero-order chi connectivity index (χ0) is 13.7. The lowest BCUT2D eigenvalue weighted by molar-refractivity contribution is 0.373. The smallest absolute Gasteiger partial charge is 0.127 e. The number of aromatic nitrogens is 1. The van der Waals surface area contributed by atoms with Gasteiger partial charge in [-0.05, 0) is 19.2 Å². The monoisotopic (exact) mass is 278 g/mol. The molecule has 0 bridgehead atoms. The predicted octanol–water partition coefficient (Wildman–Crippen LogP) is 2.66. The molecular weight excluding hydrogens is 260 g/mol. The number of rotatable bonds is 6. The van der Waals surface area contributed by atoms with Gasteiger partial charge < -0.3 is 14.8 Å². The molecule has 0 spiro atoms. The maximum Gasteiger partial charge on any atom is 0.127 e. The molecule has 4 nitrogen and oxygen atoms in total. The standard InChI is InChI=1S/C14H18N2O2S/c1-15-10(9-13-16-7-8-19-13)14-11(17-2)5-4-6-12(14)18-3/h4-8,10,15H,9H2,1-3H3. The number of nitrogens with one attached hydrogen (secondary N) is 1. The SMILES string of the molecule is CNC(Cc1nccs1)c1c(OC)cccc1OC. The summed E-state index contributed by atoms with van der Waals surface area (Å²) < 4.78 is 10.9. The lowest BCUT2D eigenvalue weighted by Crippen LogP contribution is -2.20. The van der Waals surface area contributed by atoms with Crippen molar-refractivity contribution in [2.75, 3.05) is 21.3 Å². The van der Waals surface area contributed by atoms with E-state index in [2.05, 4.69) is 10.3 Å². The first-order chi connectivity index (χ1) is 9.30. The molecule has 5 heteroatoms.